The highest BCUT2D eigenvalue weighted by molar-refractivity contribution is 6.37. The van der Waals surface area contributed by atoms with Gasteiger partial charge >= 0.3 is 6.03 Å². The van der Waals surface area contributed by atoms with Crippen LogP contribution in [-0.4, -0.2) is 64.6 Å². The first kappa shape index (κ1) is 29.9. The monoisotopic (exact) mass is 533 g/mol. The smallest absolute Gasteiger partial charge is 0.315 e. The van der Waals surface area contributed by atoms with Gasteiger partial charge < -0.3 is 26.6 Å². The second kappa shape index (κ2) is 10.2. The molecule has 1 spiro atoms. The molecule has 214 valence electrons. The standard InChI is InChI=1S/C28H47N5O5/c1-25(2,3)20(31-24(38)32-26(4,5)6)23(37)33-15-28(14-27(28,7)8)13-18(33)22(36)30-17(19(34)21(29)35)12-16-10-9-11-16/h16-18,20H,9-15H2,1-8H3,(H2,29,35)(H,30,36)(H2,31,32,38)/t17?,18-,20?,28?/m0/s1. The molecule has 0 aromatic carbocycles. The molecular formula is C28H47N5O5. The molecular weight excluding hydrogens is 486 g/mol. The van der Waals surface area contributed by atoms with Crippen molar-refractivity contribution in [3.05, 3.63) is 0 Å². The SMILES string of the molecule is CC(C)(C)NC(=O)NC(C(=O)N1CC2(C[C@H]1C(=O)NC(CC1CCC1)C(=O)C(N)=O)CC2(C)C)C(C)(C)C. The topological polar surface area (TPSA) is 151 Å². The fraction of sp³-hybridized carbons (Fsp3) is 0.821. The maximum absolute atomic E-state index is 14.1. The number of amides is 5. The number of primary amides is 1. The average Bonchev–Trinajstić information content (AvgIpc) is 3.05. The summed E-state index contributed by atoms with van der Waals surface area (Å²) in [6.07, 6.45) is 4.64. The molecule has 38 heavy (non-hydrogen) atoms. The van der Waals surface area contributed by atoms with Crippen molar-refractivity contribution in [2.24, 2.45) is 27.9 Å². The Labute approximate surface area is 226 Å². The van der Waals surface area contributed by atoms with E-state index < -0.39 is 52.7 Å². The molecule has 0 bridgehead atoms. The molecule has 3 aliphatic rings. The van der Waals surface area contributed by atoms with Crippen LogP contribution in [0.15, 0.2) is 0 Å². The Balaban J connectivity index is 1.86. The molecule has 10 heteroatoms. The summed E-state index contributed by atoms with van der Waals surface area (Å²) in [4.78, 5) is 66.4. The van der Waals surface area contributed by atoms with E-state index in [2.05, 4.69) is 29.8 Å². The number of ketones is 1. The molecule has 0 aromatic heterocycles. The van der Waals surface area contributed by atoms with E-state index in [-0.39, 0.29) is 22.7 Å². The third-order valence-electron chi connectivity index (χ3n) is 8.66. The first-order chi connectivity index (χ1) is 17.3. The first-order valence-electron chi connectivity index (χ1n) is 13.8. The van der Waals surface area contributed by atoms with Crippen LogP contribution in [0.5, 0.6) is 0 Å². The van der Waals surface area contributed by atoms with E-state index in [0.29, 0.717) is 19.4 Å². The first-order valence-corrected chi connectivity index (χ1v) is 13.8. The van der Waals surface area contributed by atoms with E-state index in [0.717, 1.165) is 25.7 Å². The zero-order valence-electron chi connectivity index (χ0n) is 24.3. The Morgan fingerprint density at radius 2 is 1.58 bits per heavy atom. The van der Waals surface area contributed by atoms with E-state index in [1.807, 2.05) is 41.5 Å². The number of hydrogen-bond donors (Lipinski definition) is 4. The highest BCUT2D eigenvalue weighted by atomic mass is 16.2. The fourth-order valence-corrected chi connectivity index (χ4v) is 5.92. The van der Waals surface area contributed by atoms with Crippen molar-refractivity contribution in [3.8, 4) is 0 Å². The van der Waals surface area contributed by atoms with Crippen molar-refractivity contribution in [2.45, 2.75) is 118 Å². The minimum atomic E-state index is -1.07. The minimum absolute atomic E-state index is 0.0385. The van der Waals surface area contributed by atoms with Gasteiger partial charge in [0, 0.05) is 12.1 Å². The summed E-state index contributed by atoms with van der Waals surface area (Å²) in [6.45, 7) is 15.8. The van der Waals surface area contributed by atoms with Gasteiger partial charge in [-0.25, -0.2) is 4.79 Å². The summed E-state index contributed by atoms with van der Waals surface area (Å²) in [5.74, 6) is -2.41. The highest BCUT2D eigenvalue weighted by Crippen LogP contribution is 2.69. The number of Topliss-reactive ketones (excluding diaryl/α,β-unsaturated/α-hetero) is 1. The molecule has 1 heterocycles. The Bertz CT molecular complexity index is 991. The van der Waals surface area contributed by atoms with E-state index in [1.54, 1.807) is 4.90 Å². The predicted molar refractivity (Wildman–Crippen MR) is 144 cm³/mol. The van der Waals surface area contributed by atoms with Crippen molar-refractivity contribution >= 4 is 29.5 Å². The number of carbonyl (C=O) groups is 5. The fourth-order valence-electron chi connectivity index (χ4n) is 5.92. The summed E-state index contributed by atoms with van der Waals surface area (Å²) in [5, 5.41) is 8.47. The van der Waals surface area contributed by atoms with Crippen LogP contribution < -0.4 is 21.7 Å². The predicted octanol–water partition coefficient (Wildman–Crippen LogP) is 2.25. The van der Waals surface area contributed by atoms with Gasteiger partial charge in [-0.15, -0.1) is 0 Å². The van der Waals surface area contributed by atoms with Crippen LogP contribution in [0, 0.1) is 22.2 Å². The van der Waals surface area contributed by atoms with Gasteiger partial charge in [-0.2, -0.15) is 0 Å². The Morgan fingerprint density at radius 3 is 2.00 bits per heavy atom. The van der Waals surface area contributed by atoms with Crippen LogP contribution in [0.2, 0.25) is 0 Å². The van der Waals surface area contributed by atoms with Crippen molar-refractivity contribution in [2.75, 3.05) is 6.54 Å². The highest BCUT2D eigenvalue weighted by Gasteiger charge is 2.67. The maximum atomic E-state index is 14.1. The molecule has 10 nitrogen and oxygen atoms in total. The van der Waals surface area contributed by atoms with Crippen molar-refractivity contribution in [1.29, 1.82) is 0 Å². The van der Waals surface area contributed by atoms with E-state index in [1.165, 1.54) is 0 Å². The van der Waals surface area contributed by atoms with E-state index in [4.69, 9.17) is 5.73 Å². The van der Waals surface area contributed by atoms with Gasteiger partial charge in [0.2, 0.25) is 17.6 Å². The average molecular weight is 534 g/mol. The molecule has 4 atom stereocenters. The minimum Gasteiger partial charge on any atom is -0.363 e. The van der Waals surface area contributed by atoms with E-state index in [9.17, 15) is 24.0 Å². The van der Waals surface area contributed by atoms with Gasteiger partial charge in [0.15, 0.2) is 0 Å². The van der Waals surface area contributed by atoms with Crippen LogP contribution >= 0.6 is 0 Å². The molecule has 3 fully saturated rings. The summed E-state index contributed by atoms with van der Waals surface area (Å²) < 4.78 is 0. The van der Waals surface area contributed by atoms with Crippen LogP contribution in [0.25, 0.3) is 0 Å². The molecule has 5 amide bonds. The lowest BCUT2D eigenvalue weighted by Gasteiger charge is -2.36. The zero-order chi connectivity index (χ0) is 28.8. The second-order valence-corrected chi connectivity index (χ2v) is 14.5. The number of nitrogens with one attached hydrogen (secondary N) is 3. The van der Waals surface area contributed by atoms with Crippen LogP contribution in [0.3, 0.4) is 0 Å². The van der Waals surface area contributed by atoms with E-state index >= 15 is 0 Å². The summed E-state index contributed by atoms with van der Waals surface area (Å²) in [7, 11) is 0. The van der Waals surface area contributed by atoms with Crippen molar-refractivity contribution < 1.29 is 24.0 Å². The Hall–Kier alpha value is -2.65. The van der Waals surface area contributed by atoms with Gasteiger partial charge in [-0.1, -0.05) is 53.9 Å². The second-order valence-electron chi connectivity index (χ2n) is 14.5. The lowest BCUT2D eigenvalue weighted by molar-refractivity contribution is -0.143. The molecule has 3 unspecified atom stereocenters. The molecule has 0 radical (unpaired) electrons. The van der Waals surface area contributed by atoms with Crippen LogP contribution in [0.4, 0.5) is 4.79 Å². The summed E-state index contributed by atoms with van der Waals surface area (Å²) in [6, 6.07) is -3.15. The van der Waals surface area contributed by atoms with Gasteiger partial charge in [0.1, 0.15) is 12.1 Å². The largest absolute Gasteiger partial charge is 0.363 e. The van der Waals surface area contributed by atoms with Crippen LogP contribution in [0.1, 0.15) is 93.9 Å². The summed E-state index contributed by atoms with van der Waals surface area (Å²) in [5.41, 5.74) is 3.93. The Kier molecular flexibility index (Phi) is 7.99. The number of rotatable bonds is 8. The molecule has 2 aliphatic carbocycles. The number of nitrogens with zero attached hydrogens (tertiary/aromatic N) is 1. The van der Waals surface area contributed by atoms with Crippen LogP contribution in [-0.2, 0) is 19.2 Å². The Morgan fingerprint density at radius 1 is 1.00 bits per heavy atom. The number of likely N-dealkylation sites (tertiary alicyclic amines) is 1. The van der Waals surface area contributed by atoms with Gasteiger partial charge in [0.25, 0.3) is 5.91 Å². The van der Waals surface area contributed by atoms with Crippen molar-refractivity contribution in [1.82, 2.24) is 20.9 Å². The quantitative estimate of drug-likeness (QED) is 0.353. The van der Waals surface area contributed by atoms with Gasteiger partial charge in [0.05, 0.1) is 6.04 Å². The lowest BCUT2D eigenvalue weighted by atomic mass is 9.80. The zero-order valence-corrected chi connectivity index (χ0v) is 24.3. The number of carbonyl (C=O) groups excluding carboxylic acids is 5. The molecule has 3 rings (SSSR count). The number of urea groups is 1. The number of hydrogen-bond acceptors (Lipinski definition) is 5. The van der Waals surface area contributed by atoms with Gasteiger partial charge in [-0.3, -0.25) is 19.2 Å². The molecule has 1 aliphatic heterocycles. The van der Waals surface area contributed by atoms with Crippen molar-refractivity contribution in [3.63, 3.8) is 0 Å². The molecule has 2 saturated carbocycles. The molecule has 5 N–H and O–H groups in total. The molecule has 0 aromatic rings. The van der Waals surface area contributed by atoms with Gasteiger partial charge in [-0.05, 0) is 62.2 Å². The normalized spacial score (nSPS) is 26.2. The number of nitrogens with two attached hydrogens (primary N) is 1. The summed E-state index contributed by atoms with van der Waals surface area (Å²) >= 11 is 0. The maximum Gasteiger partial charge on any atom is 0.315 e. The molecule has 1 saturated heterocycles. The lowest BCUT2D eigenvalue weighted by Crippen LogP contribution is -2.61. The third kappa shape index (κ3) is 6.49. The third-order valence-corrected chi connectivity index (χ3v) is 8.66.